The highest BCUT2D eigenvalue weighted by molar-refractivity contribution is 5.94. The second-order valence-electron chi connectivity index (χ2n) is 5.52. The second-order valence-corrected chi connectivity index (χ2v) is 5.52. The van der Waals surface area contributed by atoms with Crippen LogP contribution in [0.5, 0.6) is 0 Å². The van der Waals surface area contributed by atoms with Crippen LogP contribution in [0.15, 0.2) is 30.3 Å². The van der Waals surface area contributed by atoms with Gasteiger partial charge in [-0.15, -0.1) is 0 Å². The van der Waals surface area contributed by atoms with E-state index in [1.165, 1.54) is 0 Å². The summed E-state index contributed by atoms with van der Waals surface area (Å²) in [5.41, 5.74) is 0.992. The fourth-order valence-electron chi connectivity index (χ4n) is 3.04. The van der Waals surface area contributed by atoms with Crippen molar-refractivity contribution >= 4 is 11.6 Å². The molecule has 116 valence electrons. The van der Waals surface area contributed by atoms with Crippen molar-refractivity contribution in [1.82, 2.24) is 10.2 Å². The van der Waals surface area contributed by atoms with E-state index in [0.717, 1.165) is 38.2 Å². The number of nitrogens with one attached hydrogen (secondary N) is 1. The molecular weight excluding hydrogens is 262 g/mol. The van der Waals surface area contributed by atoms with E-state index in [2.05, 4.69) is 17.1 Å². The summed E-state index contributed by atoms with van der Waals surface area (Å²) in [4.78, 5) is 16.9. The first kappa shape index (κ1) is 16.0. The molecule has 1 aliphatic heterocycles. The first-order valence-corrected chi connectivity index (χ1v) is 8.06. The lowest BCUT2D eigenvalue weighted by Gasteiger charge is -2.34. The number of carbonyl (C=O) groups excluding carboxylic acids is 1. The van der Waals surface area contributed by atoms with Gasteiger partial charge in [0.1, 0.15) is 0 Å². The maximum atomic E-state index is 12.7. The smallest absolute Gasteiger partial charge is 0.241 e. The van der Waals surface area contributed by atoms with Gasteiger partial charge in [-0.1, -0.05) is 25.1 Å². The van der Waals surface area contributed by atoms with Gasteiger partial charge in [0.25, 0.3) is 0 Å². The van der Waals surface area contributed by atoms with Crippen LogP contribution in [-0.2, 0) is 4.79 Å². The third kappa shape index (κ3) is 4.29. The summed E-state index contributed by atoms with van der Waals surface area (Å²) in [6, 6.07) is 10.5. The molecule has 0 radical (unpaired) electrons. The third-order valence-electron chi connectivity index (χ3n) is 4.25. The molecule has 2 rings (SSSR count). The minimum atomic E-state index is 0.198. The molecule has 0 atom stereocenters. The molecule has 1 heterocycles. The molecule has 1 amide bonds. The van der Waals surface area contributed by atoms with Crippen molar-refractivity contribution in [2.24, 2.45) is 0 Å². The number of para-hydroxylation sites is 1. The second kappa shape index (κ2) is 8.15. The molecule has 0 bridgehead atoms. The molecule has 0 spiro atoms. The summed E-state index contributed by atoms with van der Waals surface area (Å²) in [5, 5.41) is 3.38. The highest BCUT2D eigenvalue weighted by atomic mass is 16.2. The quantitative estimate of drug-likeness (QED) is 0.871. The molecule has 0 saturated carbocycles. The van der Waals surface area contributed by atoms with E-state index in [1.807, 2.05) is 42.2 Å². The van der Waals surface area contributed by atoms with Gasteiger partial charge in [0.05, 0.1) is 6.54 Å². The zero-order valence-electron chi connectivity index (χ0n) is 13.2. The number of hydrogen-bond acceptors (Lipinski definition) is 3. The summed E-state index contributed by atoms with van der Waals surface area (Å²) >= 11 is 0. The molecule has 1 aromatic rings. The van der Waals surface area contributed by atoms with E-state index in [4.69, 9.17) is 0 Å². The van der Waals surface area contributed by atoms with Crippen LogP contribution in [0.3, 0.4) is 0 Å². The lowest BCUT2D eigenvalue weighted by molar-refractivity contribution is -0.120. The Bertz CT molecular complexity index is 429. The molecule has 1 saturated heterocycles. The molecule has 21 heavy (non-hydrogen) atoms. The van der Waals surface area contributed by atoms with Crippen molar-refractivity contribution in [2.75, 3.05) is 37.6 Å². The molecule has 0 aromatic heterocycles. The standard InChI is InChI=1S/C17H27N3O/c1-3-19(15-10-12-18-13-11-15)14-17(21)20(4-2)16-8-6-5-7-9-16/h5-9,15,18H,3-4,10-14H2,1-2H3. The average molecular weight is 289 g/mol. The number of likely N-dealkylation sites (N-methyl/N-ethyl adjacent to an activating group) is 2. The van der Waals surface area contributed by atoms with E-state index in [0.29, 0.717) is 19.1 Å². The van der Waals surface area contributed by atoms with Crippen LogP contribution in [0.2, 0.25) is 0 Å². The molecule has 1 N–H and O–H groups in total. The van der Waals surface area contributed by atoms with Gasteiger partial charge in [0, 0.05) is 18.3 Å². The first-order valence-electron chi connectivity index (χ1n) is 8.06. The lowest BCUT2D eigenvalue weighted by Crippen LogP contribution is -2.48. The number of rotatable bonds is 6. The van der Waals surface area contributed by atoms with Crippen LogP contribution in [0, 0.1) is 0 Å². The Hall–Kier alpha value is -1.39. The molecule has 1 fully saturated rings. The highest BCUT2D eigenvalue weighted by Crippen LogP contribution is 2.16. The fourth-order valence-corrected chi connectivity index (χ4v) is 3.04. The van der Waals surface area contributed by atoms with Crippen LogP contribution >= 0.6 is 0 Å². The Labute approximate surface area is 128 Å². The maximum absolute atomic E-state index is 12.7. The van der Waals surface area contributed by atoms with Gasteiger partial charge >= 0.3 is 0 Å². The average Bonchev–Trinajstić information content (AvgIpc) is 2.55. The predicted octanol–water partition coefficient (Wildman–Crippen LogP) is 2.11. The summed E-state index contributed by atoms with van der Waals surface area (Å²) in [7, 11) is 0. The summed E-state index contributed by atoms with van der Waals surface area (Å²) in [5.74, 6) is 0.198. The number of anilines is 1. The normalized spacial score (nSPS) is 16.1. The molecule has 4 heteroatoms. The highest BCUT2D eigenvalue weighted by Gasteiger charge is 2.23. The monoisotopic (exact) mass is 289 g/mol. The Morgan fingerprint density at radius 1 is 1.14 bits per heavy atom. The topological polar surface area (TPSA) is 35.6 Å². The molecule has 0 aliphatic carbocycles. The molecule has 1 aliphatic rings. The predicted molar refractivity (Wildman–Crippen MR) is 87.6 cm³/mol. The minimum absolute atomic E-state index is 0.198. The Morgan fingerprint density at radius 2 is 1.81 bits per heavy atom. The number of nitrogens with zero attached hydrogens (tertiary/aromatic N) is 2. The first-order chi connectivity index (χ1) is 10.3. The number of carbonyl (C=O) groups is 1. The van der Waals surface area contributed by atoms with Crippen molar-refractivity contribution in [3.63, 3.8) is 0 Å². The Balaban J connectivity index is 2.00. The Morgan fingerprint density at radius 3 is 2.38 bits per heavy atom. The number of hydrogen-bond donors (Lipinski definition) is 1. The van der Waals surface area contributed by atoms with Gasteiger partial charge in [0.15, 0.2) is 0 Å². The van der Waals surface area contributed by atoms with Gasteiger partial charge in [-0.2, -0.15) is 0 Å². The minimum Gasteiger partial charge on any atom is -0.317 e. The van der Waals surface area contributed by atoms with E-state index >= 15 is 0 Å². The molecular formula is C17H27N3O. The van der Waals surface area contributed by atoms with Crippen molar-refractivity contribution in [3.05, 3.63) is 30.3 Å². The maximum Gasteiger partial charge on any atom is 0.241 e. The van der Waals surface area contributed by atoms with E-state index in [-0.39, 0.29) is 5.91 Å². The summed E-state index contributed by atoms with van der Waals surface area (Å²) in [6.45, 7) is 8.47. The largest absolute Gasteiger partial charge is 0.317 e. The zero-order chi connectivity index (χ0) is 15.1. The van der Waals surface area contributed by atoms with Crippen LogP contribution < -0.4 is 10.2 Å². The van der Waals surface area contributed by atoms with Gasteiger partial charge < -0.3 is 10.2 Å². The van der Waals surface area contributed by atoms with Crippen LogP contribution in [-0.4, -0.2) is 49.6 Å². The van der Waals surface area contributed by atoms with E-state index in [1.54, 1.807) is 0 Å². The van der Waals surface area contributed by atoms with Crippen LogP contribution in [0.1, 0.15) is 26.7 Å². The molecule has 1 aromatic carbocycles. The van der Waals surface area contributed by atoms with Crippen LogP contribution in [0.25, 0.3) is 0 Å². The van der Waals surface area contributed by atoms with E-state index < -0.39 is 0 Å². The summed E-state index contributed by atoms with van der Waals surface area (Å²) in [6.07, 6.45) is 2.27. The van der Waals surface area contributed by atoms with Crippen molar-refractivity contribution < 1.29 is 4.79 Å². The van der Waals surface area contributed by atoms with Crippen molar-refractivity contribution in [3.8, 4) is 0 Å². The van der Waals surface area contributed by atoms with Crippen LogP contribution in [0.4, 0.5) is 5.69 Å². The molecule has 4 nitrogen and oxygen atoms in total. The van der Waals surface area contributed by atoms with Gasteiger partial charge in [-0.25, -0.2) is 0 Å². The van der Waals surface area contributed by atoms with Gasteiger partial charge in [0.2, 0.25) is 5.91 Å². The van der Waals surface area contributed by atoms with Gasteiger partial charge in [-0.05, 0) is 51.5 Å². The fraction of sp³-hybridized carbons (Fsp3) is 0.588. The number of benzene rings is 1. The third-order valence-corrected chi connectivity index (χ3v) is 4.25. The SMILES string of the molecule is CCN(C(=O)CN(CC)C1CCNCC1)c1ccccc1. The summed E-state index contributed by atoms with van der Waals surface area (Å²) < 4.78 is 0. The van der Waals surface area contributed by atoms with Crippen molar-refractivity contribution in [1.29, 1.82) is 0 Å². The zero-order valence-corrected chi connectivity index (χ0v) is 13.2. The number of amides is 1. The lowest BCUT2D eigenvalue weighted by atomic mass is 10.0. The Kier molecular flexibility index (Phi) is 6.21. The number of piperidine rings is 1. The molecule has 0 unspecified atom stereocenters. The van der Waals surface area contributed by atoms with E-state index in [9.17, 15) is 4.79 Å². The van der Waals surface area contributed by atoms with Gasteiger partial charge in [-0.3, -0.25) is 9.69 Å². The van der Waals surface area contributed by atoms with Crippen molar-refractivity contribution in [2.45, 2.75) is 32.7 Å².